The molecule has 0 aromatic rings. The van der Waals surface area contributed by atoms with Gasteiger partial charge in [-0.3, -0.25) is 0 Å². The van der Waals surface area contributed by atoms with Crippen molar-refractivity contribution < 1.29 is 14.3 Å². The number of halogens is 1. The van der Waals surface area contributed by atoms with E-state index in [1.54, 1.807) is 4.90 Å². The van der Waals surface area contributed by atoms with Gasteiger partial charge in [0.1, 0.15) is 11.2 Å². The summed E-state index contributed by atoms with van der Waals surface area (Å²) in [6.07, 6.45) is 0.714. The lowest BCUT2D eigenvalue weighted by molar-refractivity contribution is -0.109. The van der Waals surface area contributed by atoms with Gasteiger partial charge in [-0.2, -0.15) is 0 Å². The van der Waals surface area contributed by atoms with Gasteiger partial charge >= 0.3 is 6.09 Å². The number of ether oxygens (including phenoxy) is 2. The summed E-state index contributed by atoms with van der Waals surface area (Å²) >= 11 is 0. The molecule has 0 saturated carbocycles. The van der Waals surface area contributed by atoms with Gasteiger partial charge < -0.3 is 20.1 Å². The molecule has 2 rings (SSSR count). The van der Waals surface area contributed by atoms with Crippen molar-refractivity contribution in [3.05, 3.63) is 0 Å². The van der Waals surface area contributed by atoms with E-state index in [-0.39, 0.29) is 24.1 Å². The molecule has 0 aliphatic carbocycles. The molecule has 2 heterocycles. The van der Waals surface area contributed by atoms with Gasteiger partial charge in [0.05, 0.1) is 19.7 Å². The van der Waals surface area contributed by atoms with Crippen LogP contribution in [0.3, 0.4) is 0 Å². The molecular formula is C12H23ClN2O3. The predicted molar refractivity (Wildman–Crippen MR) is 70.9 cm³/mol. The van der Waals surface area contributed by atoms with Crippen LogP contribution < -0.4 is 5.73 Å². The molecule has 1 atom stereocenters. The highest BCUT2D eigenvalue weighted by Gasteiger charge is 2.51. The Morgan fingerprint density at radius 3 is 2.56 bits per heavy atom. The Balaban J connectivity index is 0.00000162. The van der Waals surface area contributed by atoms with E-state index in [2.05, 4.69) is 0 Å². The number of nitrogens with zero attached hydrogens (tertiary/aromatic N) is 1. The number of rotatable bonds is 1. The highest BCUT2D eigenvalue weighted by atomic mass is 35.5. The SMILES string of the molecule is CC(C)(C)OC(=O)N1CC2(CC(CN)CO2)C1.Cl. The Bertz CT molecular complexity index is 311. The lowest BCUT2D eigenvalue weighted by Gasteiger charge is -2.47. The van der Waals surface area contributed by atoms with Gasteiger partial charge in [0.2, 0.25) is 0 Å². The van der Waals surface area contributed by atoms with Gasteiger partial charge in [-0.25, -0.2) is 4.79 Å². The van der Waals surface area contributed by atoms with Gasteiger partial charge in [-0.1, -0.05) is 0 Å². The summed E-state index contributed by atoms with van der Waals surface area (Å²) in [6, 6.07) is 0. The normalized spacial score (nSPS) is 25.6. The Hall–Kier alpha value is -0.520. The minimum absolute atomic E-state index is 0. The first-order valence-electron chi connectivity index (χ1n) is 6.15. The Morgan fingerprint density at radius 2 is 2.11 bits per heavy atom. The topological polar surface area (TPSA) is 64.8 Å². The van der Waals surface area contributed by atoms with Gasteiger partial charge in [0, 0.05) is 0 Å². The number of carbonyl (C=O) groups is 1. The number of amides is 1. The molecule has 0 aromatic carbocycles. The summed E-state index contributed by atoms with van der Waals surface area (Å²) in [4.78, 5) is 13.5. The fourth-order valence-electron chi connectivity index (χ4n) is 2.42. The fourth-order valence-corrected chi connectivity index (χ4v) is 2.42. The first-order valence-corrected chi connectivity index (χ1v) is 6.15. The summed E-state index contributed by atoms with van der Waals surface area (Å²) in [5.74, 6) is 0.441. The molecule has 1 amide bonds. The lowest BCUT2D eigenvalue weighted by atomic mass is 9.87. The molecule has 2 aliphatic heterocycles. The Kier molecular flexibility index (Phi) is 4.51. The summed E-state index contributed by atoms with van der Waals surface area (Å²) in [5, 5.41) is 0. The van der Waals surface area contributed by atoms with Crippen LogP contribution in [0, 0.1) is 5.92 Å². The summed E-state index contributed by atoms with van der Waals surface area (Å²) in [7, 11) is 0. The molecular weight excluding hydrogens is 256 g/mol. The minimum Gasteiger partial charge on any atom is -0.444 e. The third-order valence-corrected chi connectivity index (χ3v) is 3.23. The maximum Gasteiger partial charge on any atom is 0.410 e. The van der Waals surface area contributed by atoms with Crippen LogP contribution in [0.25, 0.3) is 0 Å². The second kappa shape index (κ2) is 5.23. The van der Waals surface area contributed by atoms with Crippen LogP contribution in [0.4, 0.5) is 4.79 Å². The second-order valence-corrected chi connectivity index (χ2v) is 6.14. The van der Waals surface area contributed by atoms with Crippen LogP contribution in [0.1, 0.15) is 27.2 Å². The molecule has 6 heteroatoms. The largest absolute Gasteiger partial charge is 0.444 e. The summed E-state index contributed by atoms with van der Waals surface area (Å²) in [5.41, 5.74) is 5.05. The van der Waals surface area contributed by atoms with E-state index in [0.717, 1.165) is 13.0 Å². The molecule has 0 bridgehead atoms. The molecule has 1 unspecified atom stereocenters. The predicted octanol–water partition coefficient (Wildman–Crippen LogP) is 1.39. The molecule has 1 spiro atoms. The standard InChI is InChI=1S/C12H22N2O3.ClH/c1-11(2,3)17-10(15)14-7-12(8-14)4-9(5-13)6-16-12;/h9H,4-8,13H2,1-3H3;1H. The monoisotopic (exact) mass is 278 g/mol. The average Bonchev–Trinajstić information content (AvgIpc) is 2.56. The molecule has 5 nitrogen and oxygen atoms in total. The molecule has 0 radical (unpaired) electrons. The van der Waals surface area contributed by atoms with E-state index in [9.17, 15) is 4.79 Å². The van der Waals surface area contributed by atoms with Gasteiger partial charge in [-0.15, -0.1) is 12.4 Å². The van der Waals surface area contributed by atoms with Gasteiger partial charge in [-0.05, 0) is 39.7 Å². The fraction of sp³-hybridized carbons (Fsp3) is 0.917. The van der Waals surface area contributed by atoms with E-state index in [4.69, 9.17) is 15.2 Å². The number of carbonyl (C=O) groups excluding carboxylic acids is 1. The van der Waals surface area contributed by atoms with E-state index in [1.807, 2.05) is 20.8 Å². The van der Waals surface area contributed by atoms with Crippen molar-refractivity contribution in [2.45, 2.75) is 38.4 Å². The second-order valence-electron chi connectivity index (χ2n) is 6.14. The highest BCUT2D eigenvalue weighted by molar-refractivity contribution is 5.85. The first kappa shape index (κ1) is 15.5. The average molecular weight is 279 g/mol. The van der Waals surface area contributed by atoms with Crippen LogP contribution >= 0.6 is 12.4 Å². The Morgan fingerprint density at radius 1 is 1.50 bits per heavy atom. The summed E-state index contributed by atoms with van der Waals surface area (Å²) < 4.78 is 11.1. The van der Waals surface area contributed by atoms with Crippen molar-refractivity contribution in [2.75, 3.05) is 26.2 Å². The lowest BCUT2D eigenvalue weighted by Crippen LogP contribution is -2.63. The van der Waals surface area contributed by atoms with Crippen molar-refractivity contribution in [1.29, 1.82) is 0 Å². The molecule has 2 N–H and O–H groups in total. The molecule has 0 aromatic heterocycles. The van der Waals surface area contributed by atoms with Crippen LogP contribution in [-0.2, 0) is 9.47 Å². The number of hydrogen-bond acceptors (Lipinski definition) is 4. The van der Waals surface area contributed by atoms with Gasteiger partial charge in [0.15, 0.2) is 0 Å². The van der Waals surface area contributed by atoms with Gasteiger partial charge in [0.25, 0.3) is 0 Å². The molecule has 2 aliphatic rings. The van der Waals surface area contributed by atoms with E-state index < -0.39 is 5.60 Å². The zero-order valence-corrected chi connectivity index (χ0v) is 12.1. The third kappa shape index (κ3) is 3.28. The van der Waals surface area contributed by atoms with E-state index >= 15 is 0 Å². The number of likely N-dealkylation sites (tertiary alicyclic amines) is 1. The molecule has 2 saturated heterocycles. The maximum atomic E-state index is 11.8. The number of nitrogens with two attached hydrogens (primary N) is 1. The van der Waals surface area contributed by atoms with Crippen LogP contribution in [0.2, 0.25) is 0 Å². The molecule has 2 fully saturated rings. The number of hydrogen-bond donors (Lipinski definition) is 1. The van der Waals surface area contributed by atoms with Crippen LogP contribution in [0.15, 0.2) is 0 Å². The van der Waals surface area contributed by atoms with Crippen LogP contribution in [-0.4, -0.2) is 48.4 Å². The van der Waals surface area contributed by atoms with E-state index in [1.165, 1.54) is 0 Å². The van der Waals surface area contributed by atoms with Crippen molar-refractivity contribution in [2.24, 2.45) is 11.7 Å². The van der Waals surface area contributed by atoms with Crippen molar-refractivity contribution in [3.63, 3.8) is 0 Å². The maximum absolute atomic E-state index is 11.8. The molecule has 106 valence electrons. The van der Waals surface area contributed by atoms with Crippen LogP contribution in [0.5, 0.6) is 0 Å². The summed E-state index contributed by atoms with van der Waals surface area (Å²) in [6.45, 7) is 8.27. The molecule has 18 heavy (non-hydrogen) atoms. The zero-order valence-electron chi connectivity index (χ0n) is 11.3. The Labute approximate surface area is 114 Å². The highest BCUT2D eigenvalue weighted by Crippen LogP contribution is 2.37. The minimum atomic E-state index is -0.434. The van der Waals surface area contributed by atoms with E-state index in [0.29, 0.717) is 25.6 Å². The van der Waals surface area contributed by atoms with Crippen molar-refractivity contribution in [1.82, 2.24) is 4.90 Å². The third-order valence-electron chi connectivity index (χ3n) is 3.23. The van der Waals surface area contributed by atoms with Crippen molar-refractivity contribution in [3.8, 4) is 0 Å². The zero-order chi connectivity index (χ0) is 12.7. The quantitative estimate of drug-likeness (QED) is 0.787. The first-order chi connectivity index (χ1) is 7.84. The smallest absolute Gasteiger partial charge is 0.410 e. The van der Waals surface area contributed by atoms with Crippen molar-refractivity contribution >= 4 is 18.5 Å².